The standard InChI is InChI=1S/C15H16N4/c1-11-5-6-13(19-10-11)14(15-17-8-9-18-15)12-4-2-3-7-16-12/h2-7,10,14H,8-9H2,1H3,(H,17,18). The van der Waals surface area contributed by atoms with Gasteiger partial charge in [-0.05, 0) is 30.7 Å². The van der Waals surface area contributed by atoms with Gasteiger partial charge in [-0.25, -0.2) is 0 Å². The highest BCUT2D eigenvalue weighted by molar-refractivity contribution is 5.92. The SMILES string of the molecule is Cc1ccc(C(C2=NCCN2)c2ccccn2)nc1. The quantitative estimate of drug-likeness (QED) is 0.908. The van der Waals surface area contributed by atoms with E-state index >= 15 is 0 Å². The van der Waals surface area contributed by atoms with Gasteiger partial charge in [-0.3, -0.25) is 15.0 Å². The van der Waals surface area contributed by atoms with Crippen molar-refractivity contribution in [3.8, 4) is 0 Å². The summed E-state index contributed by atoms with van der Waals surface area (Å²) in [6.07, 6.45) is 3.70. The van der Waals surface area contributed by atoms with Gasteiger partial charge in [0.05, 0.1) is 17.9 Å². The van der Waals surface area contributed by atoms with E-state index in [-0.39, 0.29) is 5.92 Å². The van der Waals surface area contributed by atoms with Gasteiger partial charge in [0.25, 0.3) is 0 Å². The molecule has 1 aliphatic heterocycles. The topological polar surface area (TPSA) is 50.2 Å². The van der Waals surface area contributed by atoms with Crippen molar-refractivity contribution in [1.29, 1.82) is 0 Å². The Kier molecular flexibility index (Phi) is 3.23. The van der Waals surface area contributed by atoms with Crippen LogP contribution in [-0.4, -0.2) is 28.9 Å². The Balaban J connectivity index is 2.04. The molecule has 1 atom stereocenters. The zero-order valence-corrected chi connectivity index (χ0v) is 10.9. The maximum Gasteiger partial charge on any atom is 0.112 e. The Bertz CT molecular complexity index is 575. The number of aromatic nitrogens is 2. The molecular weight excluding hydrogens is 236 g/mol. The van der Waals surface area contributed by atoms with E-state index in [0.717, 1.165) is 35.9 Å². The molecule has 4 heteroatoms. The summed E-state index contributed by atoms with van der Waals surface area (Å²) in [5.41, 5.74) is 3.12. The van der Waals surface area contributed by atoms with Crippen LogP contribution in [0.2, 0.25) is 0 Å². The highest BCUT2D eigenvalue weighted by atomic mass is 15.1. The van der Waals surface area contributed by atoms with E-state index in [4.69, 9.17) is 0 Å². The Morgan fingerprint density at radius 3 is 2.63 bits per heavy atom. The van der Waals surface area contributed by atoms with Crippen LogP contribution in [0.5, 0.6) is 0 Å². The molecule has 0 bridgehead atoms. The predicted molar refractivity (Wildman–Crippen MR) is 75.4 cm³/mol. The molecule has 0 saturated carbocycles. The minimum absolute atomic E-state index is 0.00398. The Labute approximate surface area is 112 Å². The van der Waals surface area contributed by atoms with Crippen LogP contribution < -0.4 is 5.32 Å². The first-order chi connectivity index (χ1) is 9.34. The molecule has 0 saturated heterocycles. The Hall–Kier alpha value is -2.23. The Morgan fingerprint density at radius 1 is 1.11 bits per heavy atom. The Morgan fingerprint density at radius 2 is 2.00 bits per heavy atom. The van der Waals surface area contributed by atoms with Crippen LogP contribution in [-0.2, 0) is 0 Å². The number of aryl methyl sites for hydroxylation is 1. The van der Waals surface area contributed by atoms with Crippen molar-refractivity contribution in [2.75, 3.05) is 13.1 Å². The number of amidine groups is 1. The average Bonchev–Trinajstić information content (AvgIpc) is 2.96. The smallest absolute Gasteiger partial charge is 0.112 e. The molecule has 19 heavy (non-hydrogen) atoms. The third-order valence-corrected chi connectivity index (χ3v) is 3.19. The van der Waals surface area contributed by atoms with Crippen LogP contribution in [0.4, 0.5) is 0 Å². The second-order valence-electron chi connectivity index (χ2n) is 4.64. The molecule has 4 nitrogen and oxygen atoms in total. The fourth-order valence-electron chi connectivity index (χ4n) is 2.24. The first-order valence-electron chi connectivity index (χ1n) is 6.46. The second-order valence-corrected chi connectivity index (χ2v) is 4.64. The highest BCUT2D eigenvalue weighted by Gasteiger charge is 2.24. The second kappa shape index (κ2) is 5.18. The van der Waals surface area contributed by atoms with E-state index in [9.17, 15) is 0 Å². The number of nitrogens with one attached hydrogen (secondary N) is 1. The van der Waals surface area contributed by atoms with Gasteiger partial charge in [0.15, 0.2) is 0 Å². The molecule has 2 aromatic heterocycles. The summed E-state index contributed by atoms with van der Waals surface area (Å²) in [5.74, 6) is 0.972. The van der Waals surface area contributed by atoms with Gasteiger partial charge in [0.2, 0.25) is 0 Å². The van der Waals surface area contributed by atoms with Crippen LogP contribution in [0.15, 0.2) is 47.7 Å². The third-order valence-electron chi connectivity index (χ3n) is 3.19. The van der Waals surface area contributed by atoms with Crippen molar-refractivity contribution in [3.63, 3.8) is 0 Å². The van der Waals surface area contributed by atoms with Gasteiger partial charge in [-0.2, -0.15) is 0 Å². The van der Waals surface area contributed by atoms with Crippen LogP contribution in [0.1, 0.15) is 22.9 Å². The summed E-state index contributed by atoms with van der Waals surface area (Å²) in [7, 11) is 0. The molecule has 0 aromatic carbocycles. The van der Waals surface area contributed by atoms with Crippen molar-refractivity contribution in [1.82, 2.24) is 15.3 Å². The molecule has 1 N–H and O–H groups in total. The summed E-state index contributed by atoms with van der Waals surface area (Å²) in [4.78, 5) is 13.5. The molecule has 3 rings (SSSR count). The van der Waals surface area contributed by atoms with E-state index in [0.29, 0.717) is 0 Å². The summed E-state index contributed by atoms with van der Waals surface area (Å²) >= 11 is 0. The number of hydrogen-bond acceptors (Lipinski definition) is 4. The lowest BCUT2D eigenvalue weighted by atomic mass is 9.98. The van der Waals surface area contributed by atoms with E-state index in [2.05, 4.69) is 32.4 Å². The average molecular weight is 252 g/mol. The number of nitrogens with zero attached hydrogens (tertiary/aromatic N) is 3. The number of pyridine rings is 2. The fraction of sp³-hybridized carbons (Fsp3) is 0.267. The normalized spacial score (nSPS) is 15.7. The molecule has 0 fully saturated rings. The summed E-state index contributed by atoms with van der Waals surface area (Å²) in [6.45, 7) is 3.76. The van der Waals surface area contributed by atoms with Gasteiger partial charge in [-0.1, -0.05) is 12.1 Å². The third kappa shape index (κ3) is 2.47. The summed E-state index contributed by atoms with van der Waals surface area (Å²) in [6, 6.07) is 10.1. The molecule has 0 spiro atoms. The first-order valence-corrected chi connectivity index (χ1v) is 6.46. The summed E-state index contributed by atoms with van der Waals surface area (Å²) in [5, 5.41) is 3.34. The monoisotopic (exact) mass is 252 g/mol. The van der Waals surface area contributed by atoms with E-state index in [1.165, 1.54) is 0 Å². The van der Waals surface area contributed by atoms with Gasteiger partial charge in [0.1, 0.15) is 11.8 Å². The molecule has 1 aliphatic rings. The number of aliphatic imine (C=N–C) groups is 1. The molecule has 3 heterocycles. The zero-order valence-electron chi connectivity index (χ0n) is 10.9. The molecular formula is C15H16N4. The van der Waals surface area contributed by atoms with Crippen LogP contribution >= 0.6 is 0 Å². The fourth-order valence-corrected chi connectivity index (χ4v) is 2.24. The maximum atomic E-state index is 4.54. The van der Waals surface area contributed by atoms with Crippen molar-refractivity contribution in [3.05, 3.63) is 59.7 Å². The lowest BCUT2D eigenvalue weighted by molar-refractivity contribution is 0.891. The molecule has 0 amide bonds. The van der Waals surface area contributed by atoms with Gasteiger partial charge < -0.3 is 5.32 Å². The predicted octanol–water partition coefficient (Wildman–Crippen LogP) is 1.92. The van der Waals surface area contributed by atoms with E-state index in [1.807, 2.05) is 37.5 Å². The van der Waals surface area contributed by atoms with Crippen LogP contribution in [0, 0.1) is 6.92 Å². The summed E-state index contributed by atoms with van der Waals surface area (Å²) < 4.78 is 0. The number of rotatable bonds is 3. The van der Waals surface area contributed by atoms with E-state index < -0.39 is 0 Å². The van der Waals surface area contributed by atoms with Gasteiger partial charge in [-0.15, -0.1) is 0 Å². The zero-order chi connectivity index (χ0) is 13.1. The molecule has 96 valence electrons. The highest BCUT2D eigenvalue weighted by Crippen LogP contribution is 2.23. The molecule has 0 aliphatic carbocycles. The van der Waals surface area contributed by atoms with Crippen LogP contribution in [0.25, 0.3) is 0 Å². The van der Waals surface area contributed by atoms with Crippen molar-refractivity contribution in [2.24, 2.45) is 4.99 Å². The van der Waals surface area contributed by atoms with Crippen molar-refractivity contribution >= 4 is 5.84 Å². The van der Waals surface area contributed by atoms with Gasteiger partial charge in [0, 0.05) is 18.9 Å². The number of hydrogen-bond donors (Lipinski definition) is 1. The molecule has 0 radical (unpaired) electrons. The molecule has 2 aromatic rings. The van der Waals surface area contributed by atoms with Crippen molar-refractivity contribution in [2.45, 2.75) is 12.8 Å². The minimum atomic E-state index is 0.00398. The lowest BCUT2D eigenvalue weighted by Crippen LogP contribution is -2.27. The van der Waals surface area contributed by atoms with Crippen LogP contribution in [0.3, 0.4) is 0 Å². The minimum Gasteiger partial charge on any atom is -0.371 e. The maximum absolute atomic E-state index is 4.54. The largest absolute Gasteiger partial charge is 0.371 e. The van der Waals surface area contributed by atoms with E-state index in [1.54, 1.807) is 0 Å². The lowest BCUT2D eigenvalue weighted by Gasteiger charge is -2.16. The van der Waals surface area contributed by atoms with Crippen molar-refractivity contribution < 1.29 is 0 Å². The van der Waals surface area contributed by atoms with Gasteiger partial charge >= 0.3 is 0 Å². The molecule has 1 unspecified atom stereocenters. The first kappa shape index (κ1) is 11.8.